The number of hydrogen-bond donors (Lipinski definition) is 0. The zero-order chi connectivity index (χ0) is 24.2. The molecule has 4 aromatic heterocycles. The summed E-state index contributed by atoms with van der Waals surface area (Å²) in [6.07, 6.45) is 6.51. The molecule has 0 aromatic carbocycles. The molecule has 5 rings (SSSR count). The zero-order valence-electron chi connectivity index (χ0n) is 19.7. The van der Waals surface area contributed by atoms with E-state index in [4.69, 9.17) is 4.74 Å². The van der Waals surface area contributed by atoms with E-state index < -0.39 is 11.4 Å². The summed E-state index contributed by atoms with van der Waals surface area (Å²) < 4.78 is 23.8. The van der Waals surface area contributed by atoms with E-state index in [0.29, 0.717) is 29.2 Å². The van der Waals surface area contributed by atoms with Gasteiger partial charge in [-0.15, -0.1) is 11.3 Å². The second-order valence-corrected chi connectivity index (χ2v) is 10.9. The Labute approximate surface area is 200 Å². The van der Waals surface area contributed by atoms with E-state index >= 15 is 0 Å². The number of imidazole rings is 1. The number of pyridine rings is 2. The summed E-state index contributed by atoms with van der Waals surface area (Å²) in [5.41, 5.74) is 0.722. The largest absolute Gasteiger partial charge is 0.444 e. The van der Waals surface area contributed by atoms with Crippen molar-refractivity contribution in [1.82, 2.24) is 18.9 Å². The predicted molar refractivity (Wildman–Crippen MR) is 131 cm³/mol. The van der Waals surface area contributed by atoms with Crippen LogP contribution in [0.2, 0.25) is 0 Å². The van der Waals surface area contributed by atoms with Crippen LogP contribution in [-0.4, -0.2) is 43.6 Å². The van der Waals surface area contributed by atoms with Gasteiger partial charge in [-0.3, -0.25) is 9.36 Å². The summed E-state index contributed by atoms with van der Waals surface area (Å²) in [7, 11) is 0. The number of hydrogen-bond acceptors (Lipinski definition) is 5. The van der Waals surface area contributed by atoms with Gasteiger partial charge in [-0.05, 0) is 64.0 Å². The van der Waals surface area contributed by atoms with Crippen LogP contribution in [0.15, 0.2) is 41.6 Å². The number of piperidine rings is 1. The minimum Gasteiger partial charge on any atom is -0.444 e. The number of halogens is 1. The van der Waals surface area contributed by atoms with E-state index in [2.05, 4.69) is 11.1 Å². The molecular formula is C25H27FN4O3S. The van der Waals surface area contributed by atoms with E-state index in [9.17, 15) is 14.0 Å². The number of rotatable bonds is 2. The van der Waals surface area contributed by atoms with Crippen molar-refractivity contribution in [3.8, 4) is 5.69 Å². The molecule has 1 aliphatic heterocycles. The molecule has 9 heteroatoms. The molecule has 0 bridgehead atoms. The lowest BCUT2D eigenvalue weighted by molar-refractivity contribution is 0.0205. The van der Waals surface area contributed by atoms with Crippen LogP contribution in [0.25, 0.3) is 21.4 Å². The number of aryl methyl sites for hydroxylation is 1. The predicted octanol–water partition coefficient (Wildman–Crippen LogP) is 5.26. The van der Waals surface area contributed by atoms with Gasteiger partial charge in [0.25, 0.3) is 5.56 Å². The van der Waals surface area contributed by atoms with Crippen LogP contribution in [-0.2, 0) is 4.74 Å². The van der Waals surface area contributed by atoms with Gasteiger partial charge in [-0.25, -0.2) is 14.2 Å². The molecule has 0 saturated carbocycles. The minimum absolute atomic E-state index is 0.171. The van der Waals surface area contributed by atoms with Gasteiger partial charge >= 0.3 is 6.09 Å². The Morgan fingerprint density at radius 1 is 1.21 bits per heavy atom. The lowest BCUT2D eigenvalue weighted by Crippen LogP contribution is -2.41. The number of carbonyl (C=O) groups excluding carboxylic acids is 1. The Morgan fingerprint density at radius 3 is 2.65 bits per heavy atom. The van der Waals surface area contributed by atoms with Crippen LogP contribution in [0.1, 0.15) is 50.1 Å². The molecule has 0 aliphatic carbocycles. The Bertz CT molecular complexity index is 1450. The lowest BCUT2D eigenvalue weighted by atomic mass is 9.95. The summed E-state index contributed by atoms with van der Waals surface area (Å²) in [4.78, 5) is 32.7. The molecule has 0 unspecified atom stereocenters. The molecule has 0 atom stereocenters. The molecule has 34 heavy (non-hydrogen) atoms. The molecule has 0 N–H and O–H groups in total. The third-order valence-corrected chi connectivity index (χ3v) is 7.34. The average Bonchev–Trinajstić information content (AvgIpc) is 3.37. The first-order valence-corrected chi connectivity index (χ1v) is 12.2. The Hall–Kier alpha value is -3.20. The molecule has 7 nitrogen and oxygen atoms in total. The molecule has 5 heterocycles. The van der Waals surface area contributed by atoms with E-state index in [1.54, 1.807) is 34.8 Å². The number of thiophene rings is 1. The van der Waals surface area contributed by atoms with Crippen molar-refractivity contribution in [2.45, 2.75) is 52.1 Å². The van der Waals surface area contributed by atoms with Gasteiger partial charge in [0.05, 0.1) is 11.4 Å². The topological polar surface area (TPSA) is 68.8 Å². The fourth-order valence-electron chi connectivity index (χ4n) is 4.42. The van der Waals surface area contributed by atoms with Crippen molar-refractivity contribution in [1.29, 1.82) is 0 Å². The van der Waals surface area contributed by atoms with E-state index in [0.717, 1.165) is 23.1 Å². The third kappa shape index (κ3) is 4.20. The number of carbonyl (C=O) groups is 1. The summed E-state index contributed by atoms with van der Waals surface area (Å²) in [5, 5.41) is 0.885. The van der Waals surface area contributed by atoms with E-state index in [1.807, 2.05) is 26.8 Å². The van der Waals surface area contributed by atoms with Gasteiger partial charge in [-0.1, -0.05) is 0 Å². The molecule has 1 fully saturated rings. The van der Waals surface area contributed by atoms with Gasteiger partial charge in [0.15, 0.2) is 11.5 Å². The van der Waals surface area contributed by atoms with Gasteiger partial charge in [0.1, 0.15) is 10.3 Å². The Kier molecular flexibility index (Phi) is 5.47. The number of ether oxygens (including phenoxy) is 1. The normalized spacial score (nSPS) is 15.4. The summed E-state index contributed by atoms with van der Waals surface area (Å²) in [6, 6.07) is 5.31. The van der Waals surface area contributed by atoms with Crippen molar-refractivity contribution >= 4 is 33.2 Å². The highest BCUT2D eigenvalue weighted by Crippen LogP contribution is 2.35. The number of aromatic nitrogens is 3. The highest BCUT2D eigenvalue weighted by Gasteiger charge is 2.28. The first-order chi connectivity index (χ1) is 16.1. The van der Waals surface area contributed by atoms with Crippen LogP contribution in [0.4, 0.5) is 9.18 Å². The van der Waals surface area contributed by atoms with Gasteiger partial charge in [0, 0.05) is 42.6 Å². The first-order valence-electron chi connectivity index (χ1n) is 11.4. The van der Waals surface area contributed by atoms with Crippen molar-refractivity contribution in [3.63, 3.8) is 0 Å². The number of likely N-dealkylation sites (tertiary alicyclic amines) is 1. The monoisotopic (exact) mass is 482 g/mol. The molecule has 0 radical (unpaired) electrons. The van der Waals surface area contributed by atoms with Crippen molar-refractivity contribution in [3.05, 3.63) is 63.5 Å². The molecule has 178 valence electrons. The van der Waals surface area contributed by atoms with Crippen LogP contribution < -0.4 is 5.56 Å². The standard InChI is InChI=1S/C25H27FN4O3S/c1-15-13-29-14-18(12-19(26)22(29)27-15)30-10-7-17-11-20(34-21(17)23(30)31)16-5-8-28(9-6-16)24(32)33-25(2,3)4/h7,10-14,16H,5-6,8-9H2,1-4H3. The van der Waals surface area contributed by atoms with Gasteiger partial charge in [-0.2, -0.15) is 0 Å². The zero-order valence-corrected chi connectivity index (χ0v) is 20.5. The van der Waals surface area contributed by atoms with Crippen LogP contribution in [0, 0.1) is 12.7 Å². The minimum atomic E-state index is -0.510. The quantitative estimate of drug-likeness (QED) is 0.391. The molecular weight excluding hydrogens is 455 g/mol. The highest BCUT2D eigenvalue weighted by molar-refractivity contribution is 7.19. The molecule has 1 aliphatic rings. The van der Waals surface area contributed by atoms with Gasteiger partial charge in [0.2, 0.25) is 0 Å². The second-order valence-electron chi connectivity index (χ2n) is 9.83. The number of fused-ring (bicyclic) bond motifs is 2. The van der Waals surface area contributed by atoms with Crippen LogP contribution >= 0.6 is 11.3 Å². The van der Waals surface area contributed by atoms with Crippen molar-refractivity contribution in [2.75, 3.05) is 13.1 Å². The maximum absolute atomic E-state index is 14.6. The van der Waals surface area contributed by atoms with Crippen LogP contribution in [0.5, 0.6) is 0 Å². The van der Waals surface area contributed by atoms with E-state index in [1.165, 1.54) is 22.0 Å². The molecule has 1 amide bonds. The third-order valence-electron chi connectivity index (χ3n) is 6.04. The smallest absolute Gasteiger partial charge is 0.410 e. The van der Waals surface area contributed by atoms with Crippen LogP contribution in [0.3, 0.4) is 0 Å². The second kappa shape index (κ2) is 8.23. The summed E-state index contributed by atoms with van der Waals surface area (Å²) in [6.45, 7) is 8.65. The van der Waals surface area contributed by atoms with E-state index in [-0.39, 0.29) is 23.2 Å². The molecule has 1 saturated heterocycles. The first kappa shape index (κ1) is 22.6. The summed E-state index contributed by atoms with van der Waals surface area (Å²) >= 11 is 1.49. The molecule has 4 aromatic rings. The number of amides is 1. The lowest BCUT2D eigenvalue weighted by Gasteiger charge is -2.33. The van der Waals surface area contributed by atoms with Crippen molar-refractivity contribution < 1.29 is 13.9 Å². The highest BCUT2D eigenvalue weighted by atomic mass is 32.1. The fourth-order valence-corrected chi connectivity index (χ4v) is 5.68. The van der Waals surface area contributed by atoms with Crippen molar-refractivity contribution in [2.24, 2.45) is 0 Å². The fraction of sp³-hybridized carbons (Fsp3) is 0.400. The SMILES string of the molecule is Cc1cn2cc(-n3ccc4cc(C5CCN(C(=O)OC(C)(C)C)CC5)sc4c3=O)cc(F)c2n1. The number of nitrogens with zero attached hydrogens (tertiary/aromatic N) is 4. The Balaban J connectivity index is 1.40. The molecule has 0 spiro atoms. The Morgan fingerprint density at radius 2 is 1.94 bits per heavy atom. The maximum Gasteiger partial charge on any atom is 0.410 e. The summed E-state index contributed by atoms with van der Waals surface area (Å²) in [5.74, 6) is -0.187. The van der Waals surface area contributed by atoms with Gasteiger partial charge < -0.3 is 14.0 Å². The average molecular weight is 483 g/mol. The maximum atomic E-state index is 14.6.